The average molecular weight is 410 g/mol. The molecule has 0 radical (unpaired) electrons. The van der Waals surface area contributed by atoms with Crippen LogP contribution in [0.25, 0.3) is 0 Å². The third kappa shape index (κ3) is 3.88. The predicted molar refractivity (Wildman–Crippen MR) is 107 cm³/mol. The first-order valence-corrected chi connectivity index (χ1v) is 10.8. The fourth-order valence-electron chi connectivity index (χ4n) is 4.36. The first-order chi connectivity index (χ1) is 14.7. The van der Waals surface area contributed by atoms with Crippen molar-refractivity contribution in [2.24, 2.45) is 0 Å². The van der Waals surface area contributed by atoms with Crippen LogP contribution in [-0.2, 0) is 11.3 Å². The van der Waals surface area contributed by atoms with Crippen LogP contribution >= 0.6 is 0 Å². The maximum absolute atomic E-state index is 12.7. The number of pyridine rings is 1. The van der Waals surface area contributed by atoms with E-state index in [-0.39, 0.29) is 24.0 Å². The summed E-state index contributed by atoms with van der Waals surface area (Å²) < 4.78 is 7.67. The zero-order chi connectivity index (χ0) is 20.5. The minimum Gasteiger partial charge on any atom is -0.474 e. The topological polar surface area (TPSA) is 93.5 Å². The van der Waals surface area contributed by atoms with Gasteiger partial charge in [-0.15, -0.1) is 5.10 Å². The lowest BCUT2D eigenvalue weighted by atomic mass is 10.1. The summed E-state index contributed by atoms with van der Waals surface area (Å²) in [7, 11) is 0. The Morgan fingerprint density at radius 2 is 2.00 bits per heavy atom. The van der Waals surface area contributed by atoms with Crippen molar-refractivity contribution < 1.29 is 14.3 Å². The van der Waals surface area contributed by atoms with Crippen LogP contribution in [0.15, 0.2) is 24.5 Å². The Hall–Kier alpha value is -2.97. The number of rotatable bonds is 6. The van der Waals surface area contributed by atoms with Gasteiger partial charge in [-0.25, -0.2) is 9.67 Å². The SMILES string of the molecule is O=C1CCCN1Cc1cn(C2CN(C(=O)c3ccc(OC4CCCC4)nc3)C2)nn1. The quantitative estimate of drug-likeness (QED) is 0.721. The molecule has 1 saturated carbocycles. The fraction of sp³-hybridized carbons (Fsp3) is 0.571. The van der Waals surface area contributed by atoms with Gasteiger partial charge in [0.25, 0.3) is 5.91 Å². The number of likely N-dealkylation sites (tertiary alicyclic amines) is 2. The molecule has 2 saturated heterocycles. The highest BCUT2D eigenvalue weighted by Crippen LogP contribution is 2.25. The monoisotopic (exact) mass is 410 g/mol. The van der Waals surface area contributed by atoms with Gasteiger partial charge in [0.2, 0.25) is 11.8 Å². The maximum atomic E-state index is 12.7. The molecule has 158 valence electrons. The molecule has 2 aliphatic heterocycles. The first-order valence-electron chi connectivity index (χ1n) is 10.8. The molecule has 2 aromatic rings. The zero-order valence-electron chi connectivity index (χ0n) is 16.9. The van der Waals surface area contributed by atoms with E-state index in [1.165, 1.54) is 12.8 Å². The Kier molecular flexibility index (Phi) is 5.10. The van der Waals surface area contributed by atoms with Crippen LogP contribution in [0.1, 0.15) is 60.6 Å². The summed E-state index contributed by atoms with van der Waals surface area (Å²) in [5.74, 6) is 0.735. The Morgan fingerprint density at radius 3 is 2.70 bits per heavy atom. The molecule has 0 N–H and O–H groups in total. The number of carbonyl (C=O) groups is 2. The van der Waals surface area contributed by atoms with Gasteiger partial charge >= 0.3 is 0 Å². The van der Waals surface area contributed by atoms with Gasteiger partial charge in [0.1, 0.15) is 11.8 Å². The van der Waals surface area contributed by atoms with Crippen LogP contribution in [0.3, 0.4) is 0 Å². The standard InChI is InChI=1S/C21H26N6O3/c28-20-6-3-9-25(20)11-16-12-27(24-23-16)17-13-26(14-17)21(29)15-7-8-19(22-10-15)30-18-4-1-2-5-18/h7-8,10,12,17-18H,1-6,9,11,13-14H2. The number of hydrogen-bond donors (Lipinski definition) is 0. The van der Waals surface area contributed by atoms with E-state index in [1.54, 1.807) is 27.9 Å². The van der Waals surface area contributed by atoms with E-state index in [0.717, 1.165) is 31.5 Å². The van der Waals surface area contributed by atoms with E-state index in [1.807, 2.05) is 11.1 Å². The molecule has 9 nitrogen and oxygen atoms in total. The molecule has 0 unspecified atom stereocenters. The van der Waals surface area contributed by atoms with Gasteiger partial charge in [0.05, 0.1) is 24.3 Å². The molecule has 2 amide bonds. The summed E-state index contributed by atoms with van der Waals surface area (Å²) in [6.07, 6.45) is 9.85. The van der Waals surface area contributed by atoms with Crippen LogP contribution < -0.4 is 4.74 Å². The molecule has 5 rings (SSSR count). The van der Waals surface area contributed by atoms with Crippen molar-refractivity contribution in [1.29, 1.82) is 0 Å². The molecule has 0 bridgehead atoms. The van der Waals surface area contributed by atoms with Gasteiger partial charge in [0, 0.05) is 38.3 Å². The van der Waals surface area contributed by atoms with E-state index in [4.69, 9.17) is 4.74 Å². The van der Waals surface area contributed by atoms with E-state index in [0.29, 0.717) is 37.5 Å². The summed E-state index contributed by atoms with van der Waals surface area (Å²) in [6, 6.07) is 3.68. The molecule has 0 spiro atoms. The first kappa shape index (κ1) is 19.0. The van der Waals surface area contributed by atoms with E-state index < -0.39 is 0 Å². The maximum Gasteiger partial charge on any atom is 0.255 e. The summed E-state index contributed by atoms with van der Waals surface area (Å²) in [6.45, 7) is 2.47. The van der Waals surface area contributed by atoms with Crippen LogP contribution in [0, 0.1) is 0 Å². The molecule has 1 aliphatic carbocycles. The Morgan fingerprint density at radius 1 is 1.17 bits per heavy atom. The highest BCUT2D eigenvalue weighted by molar-refractivity contribution is 5.94. The highest BCUT2D eigenvalue weighted by atomic mass is 16.5. The van der Waals surface area contributed by atoms with E-state index in [2.05, 4.69) is 15.3 Å². The summed E-state index contributed by atoms with van der Waals surface area (Å²) >= 11 is 0. The van der Waals surface area contributed by atoms with Crippen LogP contribution in [-0.4, -0.2) is 67.3 Å². The van der Waals surface area contributed by atoms with Gasteiger partial charge in [-0.05, 0) is 38.2 Å². The average Bonchev–Trinajstić information content (AvgIpc) is 3.46. The largest absolute Gasteiger partial charge is 0.474 e. The van der Waals surface area contributed by atoms with E-state index in [9.17, 15) is 9.59 Å². The second-order valence-corrected chi connectivity index (χ2v) is 8.38. The number of nitrogens with zero attached hydrogens (tertiary/aromatic N) is 6. The molecule has 0 aromatic carbocycles. The number of aromatic nitrogens is 4. The van der Waals surface area contributed by atoms with Crippen molar-refractivity contribution in [2.45, 2.75) is 57.2 Å². The van der Waals surface area contributed by atoms with Crippen molar-refractivity contribution in [3.05, 3.63) is 35.8 Å². The Labute approximate surface area is 175 Å². The van der Waals surface area contributed by atoms with Gasteiger partial charge in [-0.3, -0.25) is 9.59 Å². The molecule has 4 heterocycles. The van der Waals surface area contributed by atoms with Crippen molar-refractivity contribution >= 4 is 11.8 Å². The van der Waals surface area contributed by atoms with Crippen molar-refractivity contribution in [1.82, 2.24) is 29.8 Å². The Balaban J connectivity index is 1.13. The lowest BCUT2D eigenvalue weighted by molar-refractivity contribution is -0.128. The summed E-state index contributed by atoms with van der Waals surface area (Å²) in [5, 5.41) is 8.38. The zero-order valence-corrected chi connectivity index (χ0v) is 16.9. The van der Waals surface area contributed by atoms with Gasteiger partial charge in [0.15, 0.2) is 0 Å². The molecular formula is C21H26N6O3. The van der Waals surface area contributed by atoms with Crippen LogP contribution in [0.2, 0.25) is 0 Å². The minimum absolute atomic E-state index is 0.0332. The molecule has 3 fully saturated rings. The molecule has 2 aromatic heterocycles. The van der Waals surface area contributed by atoms with Gasteiger partial charge in [-0.2, -0.15) is 0 Å². The normalized spacial score (nSPS) is 20.1. The lowest BCUT2D eigenvalue weighted by Crippen LogP contribution is -2.50. The van der Waals surface area contributed by atoms with Crippen LogP contribution in [0.4, 0.5) is 0 Å². The number of hydrogen-bond acceptors (Lipinski definition) is 6. The smallest absolute Gasteiger partial charge is 0.255 e. The summed E-state index contributed by atoms with van der Waals surface area (Å²) in [5.41, 5.74) is 1.36. The molecule has 9 heteroatoms. The molecule has 3 aliphatic rings. The minimum atomic E-state index is -0.0332. The van der Waals surface area contributed by atoms with Crippen molar-refractivity contribution in [3.8, 4) is 5.88 Å². The molecule has 0 atom stereocenters. The number of ether oxygens (including phenoxy) is 1. The van der Waals surface area contributed by atoms with Gasteiger partial charge < -0.3 is 14.5 Å². The third-order valence-corrected chi connectivity index (χ3v) is 6.18. The molecule has 30 heavy (non-hydrogen) atoms. The number of amides is 2. The lowest BCUT2D eigenvalue weighted by Gasteiger charge is -2.38. The second kappa shape index (κ2) is 8.04. The Bertz CT molecular complexity index is 915. The highest BCUT2D eigenvalue weighted by Gasteiger charge is 2.33. The second-order valence-electron chi connectivity index (χ2n) is 8.38. The van der Waals surface area contributed by atoms with Crippen molar-refractivity contribution in [3.63, 3.8) is 0 Å². The van der Waals surface area contributed by atoms with E-state index >= 15 is 0 Å². The van der Waals surface area contributed by atoms with Crippen molar-refractivity contribution in [2.75, 3.05) is 19.6 Å². The van der Waals surface area contributed by atoms with Crippen LogP contribution in [0.5, 0.6) is 5.88 Å². The predicted octanol–water partition coefficient (Wildman–Crippen LogP) is 1.81. The fourth-order valence-corrected chi connectivity index (χ4v) is 4.36. The number of carbonyl (C=O) groups excluding carboxylic acids is 2. The summed E-state index contributed by atoms with van der Waals surface area (Å²) in [4.78, 5) is 32.4. The van der Waals surface area contributed by atoms with Gasteiger partial charge in [-0.1, -0.05) is 5.21 Å². The third-order valence-electron chi connectivity index (χ3n) is 6.18. The molecular weight excluding hydrogens is 384 g/mol.